The van der Waals surface area contributed by atoms with E-state index in [2.05, 4.69) is 57.5 Å². The topological polar surface area (TPSA) is 182 Å². The minimum atomic E-state index is -4.15. The summed E-state index contributed by atoms with van der Waals surface area (Å²) in [6.45, 7) is -0.330. The van der Waals surface area contributed by atoms with E-state index in [1.54, 1.807) is 6.07 Å². The molecular formula is C13H16Br2N6O5S. The summed E-state index contributed by atoms with van der Waals surface area (Å²) in [7, 11) is -4.15. The summed E-state index contributed by atoms with van der Waals surface area (Å²) in [6, 6.07) is 1.58. The highest BCUT2D eigenvalue weighted by atomic mass is 79.9. The molecule has 2 rings (SSSR count). The van der Waals surface area contributed by atoms with Crippen LogP contribution < -0.4 is 16.4 Å². The normalized spacial score (nSPS) is 18.4. The maximum absolute atomic E-state index is 12.0. The molecule has 1 amide bonds. The van der Waals surface area contributed by atoms with Crippen LogP contribution in [0.5, 0.6) is 0 Å². The lowest BCUT2D eigenvalue weighted by atomic mass is 10.2. The molecule has 11 nitrogen and oxygen atoms in total. The van der Waals surface area contributed by atoms with Crippen molar-refractivity contribution >= 4 is 59.7 Å². The smallest absolute Gasteiger partial charge is 0.267 e. The fourth-order valence-electron chi connectivity index (χ4n) is 1.97. The van der Waals surface area contributed by atoms with Crippen molar-refractivity contribution in [3.05, 3.63) is 32.6 Å². The second kappa shape index (κ2) is 8.97. The average Bonchev–Trinajstić information content (AvgIpc) is 3.06. The molecule has 0 aromatic carbocycles. The SMILES string of the molecule is NC1=NC(=NCCS(=O)(=O)O)/C(=C\C(O)CNC(=O)c2cc(Br)c(Br)[nH]2)N1. The Morgan fingerprint density at radius 3 is 2.78 bits per heavy atom. The van der Waals surface area contributed by atoms with Crippen molar-refractivity contribution in [3.63, 3.8) is 0 Å². The van der Waals surface area contributed by atoms with Crippen molar-refractivity contribution in [2.45, 2.75) is 6.10 Å². The van der Waals surface area contributed by atoms with Gasteiger partial charge in [-0.3, -0.25) is 14.3 Å². The number of halogens is 2. The zero-order valence-corrected chi connectivity index (χ0v) is 17.6. The summed E-state index contributed by atoms with van der Waals surface area (Å²) in [5.41, 5.74) is 6.11. The summed E-state index contributed by atoms with van der Waals surface area (Å²) >= 11 is 6.48. The van der Waals surface area contributed by atoms with Crippen molar-refractivity contribution in [1.82, 2.24) is 15.6 Å². The minimum absolute atomic E-state index is 0.0178. The molecular weight excluding hydrogens is 512 g/mol. The Bertz CT molecular complexity index is 904. The van der Waals surface area contributed by atoms with E-state index in [9.17, 15) is 18.3 Å². The van der Waals surface area contributed by atoms with Crippen LogP contribution in [0, 0.1) is 0 Å². The first-order valence-electron chi connectivity index (χ1n) is 7.38. The molecule has 0 aliphatic carbocycles. The number of nitrogens with two attached hydrogens (primary N) is 1. The Hall–Kier alpha value is -1.74. The third-order valence-corrected chi connectivity index (χ3v) is 5.62. The largest absolute Gasteiger partial charge is 0.387 e. The van der Waals surface area contributed by atoms with E-state index >= 15 is 0 Å². The van der Waals surface area contributed by atoms with Crippen molar-refractivity contribution in [2.75, 3.05) is 18.8 Å². The van der Waals surface area contributed by atoms with Crippen LogP contribution in [0.2, 0.25) is 0 Å². The van der Waals surface area contributed by atoms with E-state index in [1.807, 2.05) is 0 Å². The highest BCUT2D eigenvalue weighted by molar-refractivity contribution is 9.13. The molecule has 7 N–H and O–H groups in total. The molecule has 1 aliphatic heterocycles. The molecule has 1 atom stereocenters. The first-order valence-corrected chi connectivity index (χ1v) is 10.6. The fourth-order valence-corrected chi connectivity index (χ4v) is 2.95. The van der Waals surface area contributed by atoms with Crippen LogP contribution in [-0.4, -0.2) is 65.7 Å². The number of nitrogens with one attached hydrogen (secondary N) is 3. The Kier molecular flexibility index (Phi) is 7.16. The molecule has 148 valence electrons. The molecule has 0 fully saturated rings. The Morgan fingerprint density at radius 1 is 1.48 bits per heavy atom. The number of rotatable bonds is 7. The fraction of sp³-hybridized carbons (Fsp3) is 0.308. The van der Waals surface area contributed by atoms with Gasteiger partial charge in [0.05, 0.1) is 33.2 Å². The minimum Gasteiger partial charge on any atom is -0.387 e. The van der Waals surface area contributed by atoms with Gasteiger partial charge in [0.25, 0.3) is 16.0 Å². The number of amides is 1. The maximum atomic E-state index is 12.0. The van der Waals surface area contributed by atoms with Gasteiger partial charge in [0.1, 0.15) is 5.69 Å². The predicted octanol–water partition coefficient (Wildman–Crippen LogP) is -0.281. The molecule has 1 aliphatic rings. The van der Waals surface area contributed by atoms with Gasteiger partial charge in [-0.1, -0.05) is 0 Å². The highest BCUT2D eigenvalue weighted by Gasteiger charge is 2.18. The molecule has 0 saturated heterocycles. The van der Waals surface area contributed by atoms with Crippen LogP contribution in [0.4, 0.5) is 0 Å². The summed E-state index contributed by atoms with van der Waals surface area (Å²) < 4.78 is 31.5. The number of carbonyl (C=O) groups is 1. The monoisotopic (exact) mass is 526 g/mol. The number of aliphatic hydroxyl groups is 1. The first kappa shape index (κ1) is 21.6. The van der Waals surface area contributed by atoms with Crippen molar-refractivity contribution in [3.8, 4) is 0 Å². The number of aliphatic imine (C=N–C) groups is 2. The zero-order chi connectivity index (χ0) is 20.2. The van der Waals surface area contributed by atoms with Gasteiger partial charge in [0.15, 0.2) is 11.8 Å². The number of H-pyrrole nitrogens is 1. The van der Waals surface area contributed by atoms with Crippen LogP contribution >= 0.6 is 31.9 Å². The molecule has 0 saturated carbocycles. The summed E-state index contributed by atoms with van der Waals surface area (Å²) in [6.07, 6.45) is 0.238. The third kappa shape index (κ3) is 6.73. The van der Waals surface area contributed by atoms with Gasteiger partial charge < -0.3 is 26.5 Å². The summed E-state index contributed by atoms with van der Waals surface area (Å²) in [5.74, 6) is -0.891. The molecule has 27 heavy (non-hydrogen) atoms. The number of hydrogen-bond acceptors (Lipinski definition) is 7. The van der Waals surface area contributed by atoms with E-state index in [0.29, 0.717) is 14.8 Å². The van der Waals surface area contributed by atoms with Crippen LogP contribution in [0.3, 0.4) is 0 Å². The van der Waals surface area contributed by atoms with E-state index in [-0.39, 0.29) is 30.6 Å². The van der Waals surface area contributed by atoms with Crippen molar-refractivity contribution < 1.29 is 22.9 Å². The van der Waals surface area contributed by atoms with Gasteiger partial charge in [0.2, 0.25) is 0 Å². The number of nitrogens with zero attached hydrogens (tertiary/aromatic N) is 2. The van der Waals surface area contributed by atoms with Gasteiger partial charge in [-0.25, -0.2) is 0 Å². The van der Waals surface area contributed by atoms with E-state index in [0.717, 1.165) is 0 Å². The number of amidine groups is 1. The molecule has 0 bridgehead atoms. The maximum Gasteiger partial charge on any atom is 0.267 e. The Morgan fingerprint density at radius 2 is 2.19 bits per heavy atom. The van der Waals surface area contributed by atoms with Gasteiger partial charge >= 0.3 is 0 Å². The van der Waals surface area contributed by atoms with Gasteiger partial charge in [-0.2, -0.15) is 13.4 Å². The number of carbonyl (C=O) groups excluding carboxylic acids is 1. The molecule has 0 spiro atoms. The van der Waals surface area contributed by atoms with Gasteiger partial charge in [-0.05, 0) is 44.0 Å². The molecule has 0 radical (unpaired) electrons. The lowest BCUT2D eigenvalue weighted by Gasteiger charge is -2.09. The molecule has 1 aromatic rings. The van der Waals surface area contributed by atoms with Crippen LogP contribution in [0.15, 0.2) is 36.9 Å². The van der Waals surface area contributed by atoms with Crippen LogP contribution in [-0.2, 0) is 10.1 Å². The second-order valence-electron chi connectivity index (χ2n) is 5.32. The Balaban J connectivity index is 1.97. The standard InChI is InChI=1S/C13H16Br2N6O5S/c14-7-4-9(19-10(7)15)12(23)18-5-6(22)3-8-11(21-13(16)20-8)17-1-2-27(24,25)26/h3-4,6,19,22H,1-2,5H2,(H,18,23)(H,24,25,26)(H3,16,17,20,21)/b8-3+. The third-order valence-electron chi connectivity index (χ3n) is 3.14. The number of aliphatic hydroxyl groups excluding tert-OH is 1. The first-order chi connectivity index (χ1) is 12.5. The summed E-state index contributed by atoms with van der Waals surface area (Å²) in [4.78, 5) is 22.6. The molecule has 2 heterocycles. The zero-order valence-electron chi connectivity index (χ0n) is 13.6. The lowest BCUT2D eigenvalue weighted by Crippen LogP contribution is -2.33. The van der Waals surface area contributed by atoms with Crippen molar-refractivity contribution in [1.29, 1.82) is 0 Å². The number of aromatic nitrogens is 1. The number of hydrogen-bond donors (Lipinski definition) is 6. The predicted molar refractivity (Wildman–Crippen MR) is 106 cm³/mol. The van der Waals surface area contributed by atoms with Crippen LogP contribution in [0.1, 0.15) is 10.5 Å². The molecule has 14 heteroatoms. The van der Waals surface area contributed by atoms with Gasteiger partial charge in [-0.15, -0.1) is 0 Å². The van der Waals surface area contributed by atoms with E-state index in [1.165, 1.54) is 6.08 Å². The lowest BCUT2D eigenvalue weighted by molar-refractivity contribution is 0.0928. The molecule has 1 unspecified atom stereocenters. The Labute approximate surface area is 171 Å². The second-order valence-corrected chi connectivity index (χ2v) is 8.54. The number of guanidine groups is 1. The van der Waals surface area contributed by atoms with Crippen molar-refractivity contribution in [2.24, 2.45) is 15.7 Å². The van der Waals surface area contributed by atoms with E-state index < -0.39 is 27.9 Å². The highest BCUT2D eigenvalue weighted by Crippen LogP contribution is 2.22. The summed E-state index contributed by atoms with van der Waals surface area (Å²) in [5, 5.41) is 15.3. The van der Waals surface area contributed by atoms with E-state index in [4.69, 9.17) is 10.3 Å². The van der Waals surface area contributed by atoms with Gasteiger partial charge in [0, 0.05) is 6.54 Å². The molecule has 1 aromatic heterocycles. The quantitative estimate of drug-likeness (QED) is 0.263. The average molecular weight is 528 g/mol. The number of aromatic amines is 1. The van der Waals surface area contributed by atoms with Crippen LogP contribution in [0.25, 0.3) is 0 Å².